The first-order valence-electron chi connectivity index (χ1n) is 11.8. The van der Waals surface area contributed by atoms with Gasteiger partial charge in [0.2, 0.25) is 0 Å². The molecule has 5 rings (SSSR count). The van der Waals surface area contributed by atoms with Crippen molar-refractivity contribution in [2.45, 2.75) is 6.92 Å². The highest BCUT2D eigenvalue weighted by atomic mass is 28.4. The lowest BCUT2D eigenvalue weighted by atomic mass is 9.94. The van der Waals surface area contributed by atoms with Crippen molar-refractivity contribution in [1.82, 2.24) is 0 Å². The zero-order valence-corrected chi connectivity index (χ0v) is 20.4. The summed E-state index contributed by atoms with van der Waals surface area (Å²) < 4.78 is 6.98. The second-order valence-electron chi connectivity index (χ2n) is 8.31. The first-order chi connectivity index (χ1) is 16.8. The second kappa shape index (κ2) is 10.0. The molecule has 0 aliphatic rings. The van der Waals surface area contributed by atoms with Crippen LogP contribution in [0.15, 0.2) is 140 Å². The minimum Gasteiger partial charge on any atom is -0.405 e. The van der Waals surface area contributed by atoms with Crippen LogP contribution in [0, 0.1) is 0 Å². The SMILES string of the molecule is CCO[Si](c1ccccc1)(c1ccccc1)c1cccc(-c2ccccc2)c1-c1ccccc1. The number of rotatable bonds is 7. The molecule has 0 amide bonds. The Morgan fingerprint density at radius 3 is 1.47 bits per heavy atom. The highest BCUT2D eigenvalue weighted by molar-refractivity contribution is 7.07. The highest BCUT2D eigenvalue weighted by Crippen LogP contribution is 2.32. The Morgan fingerprint density at radius 2 is 0.971 bits per heavy atom. The van der Waals surface area contributed by atoms with Crippen LogP contribution < -0.4 is 15.6 Å². The minimum atomic E-state index is -2.82. The van der Waals surface area contributed by atoms with Crippen LogP contribution in [0.2, 0.25) is 0 Å². The van der Waals surface area contributed by atoms with E-state index >= 15 is 0 Å². The summed E-state index contributed by atoms with van der Waals surface area (Å²) in [5, 5.41) is 3.79. The third kappa shape index (κ3) is 4.03. The summed E-state index contributed by atoms with van der Waals surface area (Å²) in [5.41, 5.74) is 4.90. The van der Waals surface area contributed by atoms with Gasteiger partial charge in [0, 0.05) is 6.61 Å². The van der Waals surface area contributed by atoms with E-state index in [9.17, 15) is 0 Å². The van der Waals surface area contributed by atoms with E-state index in [0.29, 0.717) is 6.61 Å². The molecule has 0 atom stereocenters. The summed E-state index contributed by atoms with van der Waals surface area (Å²) in [6.07, 6.45) is 0. The molecule has 2 heteroatoms. The monoisotopic (exact) mass is 456 g/mol. The van der Waals surface area contributed by atoms with Crippen LogP contribution >= 0.6 is 0 Å². The third-order valence-electron chi connectivity index (χ3n) is 6.31. The van der Waals surface area contributed by atoms with Gasteiger partial charge in [-0.3, -0.25) is 0 Å². The van der Waals surface area contributed by atoms with Crippen LogP contribution in [-0.2, 0) is 4.43 Å². The van der Waals surface area contributed by atoms with Crippen molar-refractivity contribution in [3.8, 4) is 22.3 Å². The molecule has 0 saturated heterocycles. The van der Waals surface area contributed by atoms with Gasteiger partial charge in [0.05, 0.1) is 0 Å². The van der Waals surface area contributed by atoms with E-state index in [4.69, 9.17) is 4.43 Å². The lowest BCUT2D eigenvalue weighted by molar-refractivity contribution is 0.347. The normalized spacial score (nSPS) is 11.3. The van der Waals surface area contributed by atoms with Gasteiger partial charge in [-0.25, -0.2) is 0 Å². The van der Waals surface area contributed by atoms with Crippen LogP contribution in [0.1, 0.15) is 6.92 Å². The van der Waals surface area contributed by atoms with Crippen molar-refractivity contribution < 1.29 is 4.43 Å². The lowest BCUT2D eigenvalue weighted by Gasteiger charge is -2.35. The smallest absolute Gasteiger partial charge is 0.288 e. The Bertz CT molecular complexity index is 1290. The van der Waals surface area contributed by atoms with Crippen molar-refractivity contribution in [1.29, 1.82) is 0 Å². The third-order valence-corrected chi connectivity index (χ3v) is 10.5. The molecule has 34 heavy (non-hydrogen) atoms. The van der Waals surface area contributed by atoms with Gasteiger partial charge in [0.25, 0.3) is 8.32 Å². The molecule has 5 aromatic rings. The molecule has 5 aromatic carbocycles. The summed E-state index contributed by atoms with van der Waals surface area (Å²) >= 11 is 0. The van der Waals surface area contributed by atoms with Crippen LogP contribution in [0.4, 0.5) is 0 Å². The number of hydrogen-bond acceptors (Lipinski definition) is 1. The van der Waals surface area contributed by atoms with Crippen LogP contribution in [0.3, 0.4) is 0 Å². The molecule has 0 N–H and O–H groups in total. The molecule has 0 aromatic heterocycles. The molecule has 0 aliphatic carbocycles. The summed E-state index contributed by atoms with van der Waals surface area (Å²) in [6, 6.07) is 49.8. The molecule has 0 unspecified atom stereocenters. The van der Waals surface area contributed by atoms with Crippen molar-refractivity contribution in [2.75, 3.05) is 6.61 Å². The fourth-order valence-corrected chi connectivity index (χ4v) is 9.07. The molecule has 0 saturated carbocycles. The lowest BCUT2D eigenvalue weighted by Crippen LogP contribution is -2.69. The average molecular weight is 457 g/mol. The Morgan fingerprint density at radius 1 is 0.500 bits per heavy atom. The number of hydrogen-bond donors (Lipinski definition) is 0. The van der Waals surface area contributed by atoms with Crippen LogP contribution in [0.5, 0.6) is 0 Å². The molecular weight excluding hydrogens is 428 g/mol. The molecule has 0 fully saturated rings. The Balaban J connectivity index is 1.91. The van der Waals surface area contributed by atoms with Gasteiger partial charge >= 0.3 is 0 Å². The quantitative estimate of drug-likeness (QED) is 0.215. The second-order valence-corrected chi connectivity index (χ2v) is 11.7. The molecule has 0 spiro atoms. The van der Waals surface area contributed by atoms with Gasteiger partial charge in [-0.2, -0.15) is 0 Å². The zero-order chi connectivity index (χ0) is 23.2. The van der Waals surface area contributed by atoms with E-state index in [0.717, 1.165) is 0 Å². The van der Waals surface area contributed by atoms with E-state index in [1.807, 2.05) is 0 Å². The standard InChI is InChI=1S/C32H28OSi/c1-2-33-34(28-20-11-5-12-21-28,29-22-13-6-14-23-29)31-25-15-24-30(26-16-7-3-8-17-26)32(31)27-18-9-4-10-19-27/h3-25H,2H2,1H3. The van der Waals surface area contributed by atoms with E-state index in [-0.39, 0.29) is 0 Å². The van der Waals surface area contributed by atoms with E-state index in [1.54, 1.807) is 0 Å². The molecule has 0 heterocycles. The van der Waals surface area contributed by atoms with Gasteiger partial charge < -0.3 is 4.43 Å². The fraction of sp³-hybridized carbons (Fsp3) is 0.0625. The van der Waals surface area contributed by atoms with E-state index < -0.39 is 8.32 Å². The first kappa shape index (κ1) is 22.1. The largest absolute Gasteiger partial charge is 0.405 e. The highest BCUT2D eigenvalue weighted by Gasteiger charge is 2.43. The van der Waals surface area contributed by atoms with Crippen molar-refractivity contribution in [3.05, 3.63) is 140 Å². The maximum atomic E-state index is 6.98. The molecular formula is C32H28OSi. The summed E-state index contributed by atoms with van der Waals surface area (Å²) in [4.78, 5) is 0. The summed E-state index contributed by atoms with van der Waals surface area (Å²) in [7, 11) is -2.82. The topological polar surface area (TPSA) is 9.23 Å². The molecule has 0 radical (unpaired) electrons. The predicted molar refractivity (Wildman–Crippen MR) is 146 cm³/mol. The van der Waals surface area contributed by atoms with Crippen LogP contribution in [-0.4, -0.2) is 14.9 Å². The molecule has 166 valence electrons. The van der Waals surface area contributed by atoms with Gasteiger partial charge in [-0.15, -0.1) is 0 Å². The number of benzene rings is 5. The maximum absolute atomic E-state index is 6.98. The van der Waals surface area contributed by atoms with E-state index in [1.165, 1.54) is 37.8 Å². The van der Waals surface area contributed by atoms with Crippen molar-refractivity contribution >= 4 is 23.9 Å². The summed E-state index contributed by atoms with van der Waals surface area (Å²) in [5.74, 6) is 0. The first-order valence-corrected chi connectivity index (χ1v) is 13.7. The summed E-state index contributed by atoms with van der Waals surface area (Å²) in [6.45, 7) is 2.75. The van der Waals surface area contributed by atoms with Gasteiger partial charge in [-0.05, 0) is 44.7 Å². The van der Waals surface area contributed by atoms with Crippen molar-refractivity contribution in [2.24, 2.45) is 0 Å². The Kier molecular flexibility index (Phi) is 6.53. The zero-order valence-electron chi connectivity index (χ0n) is 19.4. The molecule has 1 nitrogen and oxygen atoms in total. The Hall–Kier alpha value is -3.72. The van der Waals surface area contributed by atoms with E-state index in [2.05, 4.69) is 146 Å². The van der Waals surface area contributed by atoms with Crippen LogP contribution in [0.25, 0.3) is 22.3 Å². The van der Waals surface area contributed by atoms with Gasteiger partial charge in [0.1, 0.15) is 0 Å². The fourth-order valence-electron chi connectivity index (χ4n) is 4.90. The predicted octanol–water partition coefficient (Wildman–Crippen LogP) is 6.02. The molecule has 0 aliphatic heterocycles. The average Bonchev–Trinajstić information content (AvgIpc) is 2.93. The van der Waals surface area contributed by atoms with Gasteiger partial charge in [0.15, 0.2) is 0 Å². The minimum absolute atomic E-state index is 0.639. The van der Waals surface area contributed by atoms with Gasteiger partial charge in [-0.1, -0.05) is 140 Å². The molecule has 0 bridgehead atoms. The van der Waals surface area contributed by atoms with Crippen molar-refractivity contribution in [3.63, 3.8) is 0 Å². The Labute approximate surface area is 203 Å². The maximum Gasteiger partial charge on any atom is 0.288 e.